The van der Waals surface area contributed by atoms with Crippen LogP contribution in [0, 0.1) is 0 Å². The molecule has 1 fully saturated rings. The summed E-state index contributed by atoms with van der Waals surface area (Å²) in [7, 11) is 0. The minimum atomic E-state index is -0.151. The van der Waals surface area contributed by atoms with Crippen LogP contribution in [-0.4, -0.2) is 0 Å². The number of hydrogen-bond donors (Lipinski definition) is 1. The summed E-state index contributed by atoms with van der Waals surface area (Å²) in [5.41, 5.74) is 7.51. The molecule has 1 nitrogen and oxygen atoms in total. The molecule has 0 spiro atoms. The van der Waals surface area contributed by atoms with Gasteiger partial charge in [-0.3, -0.25) is 0 Å². The molecule has 0 heterocycles. The second-order valence-electron chi connectivity index (χ2n) is 4.34. The molecule has 2 N–H and O–H groups in total. The lowest BCUT2D eigenvalue weighted by Gasteiger charge is -2.34. The highest BCUT2D eigenvalue weighted by molar-refractivity contribution is 9.10. The maximum atomic E-state index is 6.46. The van der Waals surface area contributed by atoms with E-state index in [0.717, 1.165) is 22.3 Å². The van der Waals surface area contributed by atoms with Crippen LogP contribution in [-0.2, 0) is 5.54 Å². The standard InChI is InChI=1S/C12H15BrClN/c13-11-8-9(14)4-5-10(11)12(15)6-2-1-3-7-12/h4-5,8H,1-3,6-7,15H2. The molecule has 1 aliphatic rings. The Morgan fingerprint density at radius 3 is 2.47 bits per heavy atom. The Morgan fingerprint density at radius 2 is 1.87 bits per heavy atom. The van der Waals surface area contributed by atoms with E-state index in [1.807, 2.05) is 12.1 Å². The summed E-state index contributed by atoms with van der Waals surface area (Å²) in [4.78, 5) is 0. The Balaban J connectivity index is 2.35. The second-order valence-corrected chi connectivity index (χ2v) is 5.63. The predicted molar refractivity (Wildman–Crippen MR) is 68.1 cm³/mol. The molecule has 82 valence electrons. The van der Waals surface area contributed by atoms with Gasteiger partial charge in [0.15, 0.2) is 0 Å². The molecule has 1 aliphatic carbocycles. The smallest absolute Gasteiger partial charge is 0.0420 e. The van der Waals surface area contributed by atoms with E-state index in [2.05, 4.69) is 22.0 Å². The molecule has 0 radical (unpaired) electrons. The number of halogens is 2. The lowest BCUT2D eigenvalue weighted by atomic mass is 9.77. The molecule has 1 aromatic carbocycles. The third-order valence-corrected chi connectivity index (χ3v) is 4.10. The Kier molecular flexibility index (Phi) is 3.39. The van der Waals surface area contributed by atoms with Gasteiger partial charge in [-0.2, -0.15) is 0 Å². The number of benzene rings is 1. The van der Waals surface area contributed by atoms with Crippen molar-refractivity contribution in [2.75, 3.05) is 0 Å². The topological polar surface area (TPSA) is 26.0 Å². The minimum absolute atomic E-state index is 0.151. The van der Waals surface area contributed by atoms with Crippen molar-refractivity contribution in [2.24, 2.45) is 5.73 Å². The fourth-order valence-corrected chi connectivity index (χ4v) is 3.42. The van der Waals surface area contributed by atoms with E-state index in [0.29, 0.717) is 0 Å². The van der Waals surface area contributed by atoms with Crippen molar-refractivity contribution in [1.29, 1.82) is 0 Å². The summed E-state index contributed by atoms with van der Waals surface area (Å²) in [6.07, 6.45) is 5.92. The maximum absolute atomic E-state index is 6.46. The van der Waals surface area contributed by atoms with Crippen LogP contribution in [0.25, 0.3) is 0 Å². The molecule has 0 saturated heterocycles. The quantitative estimate of drug-likeness (QED) is 0.822. The van der Waals surface area contributed by atoms with Crippen molar-refractivity contribution < 1.29 is 0 Å². The molecule has 0 atom stereocenters. The molecular formula is C12H15BrClN. The normalized spacial score (nSPS) is 20.2. The van der Waals surface area contributed by atoms with Crippen LogP contribution in [0.15, 0.2) is 22.7 Å². The maximum Gasteiger partial charge on any atom is 0.0420 e. The van der Waals surface area contributed by atoms with Gasteiger partial charge in [-0.05, 0) is 30.5 Å². The molecular weight excluding hydrogens is 273 g/mol. The Hall–Kier alpha value is -0.0500. The lowest BCUT2D eigenvalue weighted by Crippen LogP contribution is -2.38. The SMILES string of the molecule is NC1(c2ccc(Cl)cc2Br)CCCCC1. The predicted octanol–water partition coefficient (Wildman–Crippen LogP) is 4.22. The fraction of sp³-hybridized carbons (Fsp3) is 0.500. The first-order valence-corrected chi connectivity index (χ1v) is 6.53. The van der Waals surface area contributed by atoms with Crippen molar-refractivity contribution in [2.45, 2.75) is 37.6 Å². The molecule has 0 amide bonds. The van der Waals surface area contributed by atoms with Gasteiger partial charge in [0, 0.05) is 15.0 Å². The van der Waals surface area contributed by atoms with Crippen LogP contribution in [0.1, 0.15) is 37.7 Å². The third-order valence-electron chi connectivity index (χ3n) is 3.21. The van der Waals surface area contributed by atoms with E-state index in [-0.39, 0.29) is 5.54 Å². The van der Waals surface area contributed by atoms with Crippen LogP contribution in [0.5, 0.6) is 0 Å². The van der Waals surface area contributed by atoms with Crippen LogP contribution < -0.4 is 5.73 Å². The van der Waals surface area contributed by atoms with Gasteiger partial charge >= 0.3 is 0 Å². The monoisotopic (exact) mass is 287 g/mol. The van der Waals surface area contributed by atoms with Crippen molar-refractivity contribution >= 4 is 27.5 Å². The zero-order valence-electron chi connectivity index (χ0n) is 8.60. The highest BCUT2D eigenvalue weighted by atomic mass is 79.9. The average molecular weight is 289 g/mol. The summed E-state index contributed by atoms with van der Waals surface area (Å²) < 4.78 is 1.04. The summed E-state index contributed by atoms with van der Waals surface area (Å²) in [5, 5.41) is 0.755. The number of nitrogens with two attached hydrogens (primary N) is 1. The highest BCUT2D eigenvalue weighted by Gasteiger charge is 2.30. The van der Waals surface area contributed by atoms with Gasteiger partial charge in [0.05, 0.1) is 0 Å². The fourth-order valence-electron chi connectivity index (χ4n) is 2.35. The molecule has 0 aliphatic heterocycles. The summed E-state index contributed by atoms with van der Waals surface area (Å²) in [6, 6.07) is 5.91. The molecule has 1 saturated carbocycles. The summed E-state index contributed by atoms with van der Waals surface area (Å²) >= 11 is 9.48. The molecule has 0 unspecified atom stereocenters. The molecule has 2 rings (SSSR count). The van der Waals surface area contributed by atoms with Gasteiger partial charge in [-0.25, -0.2) is 0 Å². The summed E-state index contributed by atoms with van der Waals surface area (Å²) in [5.74, 6) is 0. The summed E-state index contributed by atoms with van der Waals surface area (Å²) in [6.45, 7) is 0. The van der Waals surface area contributed by atoms with Gasteiger partial charge in [-0.1, -0.05) is 52.9 Å². The average Bonchev–Trinajstić information content (AvgIpc) is 2.18. The molecule has 0 bridgehead atoms. The molecule has 15 heavy (non-hydrogen) atoms. The highest BCUT2D eigenvalue weighted by Crippen LogP contribution is 2.38. The molecule has 0 aromatic heterocycles. The second kappa shape index (κ2) is 4.44. The van der Waals surface area contributed by atoms with Crippen molar-refractivity contribution in [3.63, 3.8) is 0 Å². The van der Waals surface area contributed by atoms with Crippen molar-refractivity contribution in [3.8, 4) is 0 Å². The van der Waals surface area contributed by atoms with Crippen LogP contribution >= 0.6 is 27.5 Å². The molecule has 3 heteroatoms. The van der Waals surface area contributed by atoms with E-state index < -0.39 is 0 Å². The van der Waals surface area contributed by atoms with Gasteiger partial charge in [-0.15, -0.1) is 0 Å². The van der Waals surface area contributed by atoms with Crippen molar-refractivity contribution in [3.05, 3.63) is 33.3 Å². The Morgan fingerprint density at radius 1 is 1.20 bits per heavy atom. The first kappa shape index (κ1) is 11.4. The Bertz CT molecular complexity index is 359. The minimum Gasteiger partial charge on any atom is -0.321 e. The molecule has 1 aromatic rings. The van der Waals surface area contributed by atoms with E-state index in [1.165, 1.54) is 24.8 Å². The van der Waals surface area contributed by atoms with Crippen LogP contribution in [0.2, 0.25) is 5.02 Å². The first-order chi connectivity index (χ1) is 7.12. The van der Waals surface area contributed by atoms with Crippen molar-refractivity contribution in [1.82, 2.24) is 0 Å². The largest absolute Gasteiger partial charge is 0.321 e. The van der Waals surface area contributed by atoms with Gasteiger partial charge < -0.3 is 5.73 Å². The van der Waals surface area contributed by atoms with Crippen LogP contribution in [0.3, 0.4) is 0 Å². The first-order valence-electron chi connectivity index (χ1n) is 5.36. The van der Waals surface area contributed by atoms with E-state index in [1.54, 1.807) is 0 Å². The third kappa shape index (κ3) is 2.38. The van der Waals surface area contributed by atoms with E-state index in [9.17, 15) is 0 Å². The van der Waals surface area contributed by atoms with E-state index >= 15 is 0 Å². The number of rotatable bonds is 1. The van der Waals surface area contributed by atoms with E-state index in [4.69, 9.17) is 17.3 Å². The van der Waals surface area contributed by atoms with Gasteiger partial charge in [0.25, 0.3) is 0 Å². The Labute approximate surface area is 104 Å². The van der Waals surface area contributed by atoms with Gasteiger partial charge in [0.1, 0.15) is 0 Å². The zero-order chi connectivity index (χ0) is 10.9. The van der Waals surface area contributed by atoms with Crippen LogP contribution in [0.4, 0.5) is 0 Å². The van der Waals surface area contributed by atoms with Gasteiger partial charge in [0.2, 0.25) is 0 Å². The zero-order valence-corrected chi connectivity index (χ0v) is 10.9. The number of hydrogen-bond acceptors (Lipinski definition) is 1. The lowest BCUT2D eigenvalue weighted by molar-refractivity contribution is 0.301.